The number of hydrogen-bond donors (Lipinski definition) is 6. The molecule has 1 unspecified atom stereocenters. The molecule has 0 aliphatic heterocycles. The van der Waals surface area contributed by atoms with E-state index in [1.807, 2.05) is 0 Å². The molecule has 1 aliphatic carbocycles. The zero-order valence-corrected chi connectivity index (χ0v) is 15.9. The molecule has 0 heterocycles. The highest BCUT2D eigenvalue weighted by atomic mass is 19.4. The molecule has 1 aliphatic rings. The second kappa shape index (κ2) is 8.83. The number of primary amides is 1. The van der Waals surface area contributed by atoms with Crippen LogP contribution in [0.5, 0.6) is 0 Å². The molecule has 1 aromatic rings. The second-order valence-corrected chi connectivity index (χ2v) is 7.43. The quantitative estimate of drug-likeness (QED) is 0.242. The van der Waals surface area contributed by atoms with E-state index in [-0.39, 0.29) is 28.7 Å². The van der Waals surface area contributed by atoms with Crippen LogP contribution in [0.4, 0.5) is 18.9 Å². The molecule has 1 saturated carbocycles. The highest BCUT2D eigenvalue weighted by Crippen LogP contribution is 2.32. The van der Waals surface area contributed by atoms with Crippen LogP contribution in [0.15, 0.2) is 36.0 Å². The smallest absolute Gasteiger partial charge is 0.390 e. The summed E-state index contributed by atoms with van der Waals surface area (Å²) >= 11 is 0. The maximum atomic E-state index is 12.5. The Morgan fingerprint density at radius 3 is 2.34 bits per heavy atom. The Kier molecular flexibility index (Phi) is 6.91. The summed E-state index contributed by atoms with van der Waals surface area (Å²) < 4.78 is 37.6. The van der Waals surface area contributed by atoms with Crippen LogP contribution in [0.3, 0.4) is 0 Å². The van der Waals surface area contributed by atoms with Gasteiger partial charge in [0, 0.05) is 17.9 Å². The summed E-state index contributed by atoms with van der Waals surface area (Å²) in [5, 5.41) is 32.9. The fourth-order valence-electron chi connectivity index (χ4n) is 3.02. The number of anilines is 1. The van der Waals surface area contributed by atoms with Gasteiger partial charge in [-0.25, -0.2) is 0 Å². The van der Waals surface area contributed by atoms with Crippen LogP contribution in [-0.2, 0) is 4.79 Å². The molecule has 0 spiro atoms. The first-order chi connectivity index (χ1) is 13.4. The standard InChI is InChI=1S/C19H25F3N4O3/c1-18(29)8-6-12(7-9-18)25-10-14(17(24)28)16(23)26-13-4-2-11(3-5-13)15(27)19(20,21)22/h2-5,10,12,15,25,27,29H,6-9H2,1H3,(H2,23,26)(H2,24,28)/b14-10+. The van der Waals surface area contributed by atoms with Gasteiger partial charge in [0.25, 0.3) is 5.91 Å². The highest BCUT2D eigenvalue weighted by molar-refractivity contribution is 6.23. The van der Waals surface area contributed by atoms with Crippen LogP contribution in [-0.4, -0.2) is 39.8 Å². The third-order valence-corrected chi connectivity index (χ3v) is 4.87. The Balaban J connectivity index is 2.01. The predicted molar refractivity (Wildman–Crippen MR) is 102 cm³/mol. The van der Waals surface area contributed by atoms with Gasteiger partial charge in [0.1, 0.15) is 5.84 Å². The number of nitrogens with one attached hydrogen (secondary N) is 3. The van der Waals surface area contributed by atoms with E-state index in [0.717, 1.165) is 12.1 Å². The number of aliphatic hydroxyl groups is 2. The number of halogens is 3. The van der Waals surface area contributed by atoms with Gasteiger partial charge in [0.2, 0.25) is 0 Å². The largest absolute Gasteiger partial charge is 0.418 e. The van der Waals surface area contributed by atoms with Gasteiger partial charge >= 0.3 is 6.18 Å². The van der Waals surface area contributed by atoms with Gasteiger partial charge in [-0.3, -0.25) is 10.2 Å². The average molecular weight is 414 g/mol. The van der Waals surface area contributed by atoms with Crippen LogP contribution in [0.2, 0.25) is 0 Å². The van der Waals surface area contributed by atoms with Crippen LogP contribution in [0.1, 0.15) is 44.3 Å². The number of nitrogens with two attached hydrogens (primary N) is 1. The molecular formula is C19H25F3N4O3. The molecular weight excluding hydrogens is 389 g/mol. The van der Waals surface area contributed by atoms with E-state index in [9.17, 15) is 28.2 Å². The fourth-order valence-corrected chi connectivity index (χ4v) is 3.02. The van der Waals surface area contributed by atoms with Gasteiger partial charge < -0.3 is 26.6 Å². The molecule has 0 bridgehead atoms. The lowest BCUT2D eigenvalue weighted by Crippen LogP contribution is -2.38. The lowest BCUT2D eigenvalue weighted by Gasteiger charge is -2.33. The normalized spacial score (nSPS) is 23.9. The Bertz CT molecular complexity index is 766. The topological polar surface area (TPSA) is 131 Å². The summed E-state index contributed by atoms with van der Waals surface area (Å²) in [6.45, 7) is 1.77. The predicted octanol–water partition coefficient (Wildman–Crippen LogP) is 2.32. The summed E-state index contributed by atoms with van der Waals surface area (Å²) in [7, 11) is 0. The van der Waals surface area contributed by atoms with E-state index in [1.54, 1.807) is 6.92 Å². The Hall–Kier alpha value is -2.59. The van der Waals surface area contributed by atoms with Crippen molar-refractivity contribution in [1.29, 1.82) is 5.41 Å². The fraction of sp³-hybridized carbons (Fsp3) is 0.474. The number of amides is 1. The van der Waals surface area contributed by atoms with Crippen molar-refractivity contribution in [2.24, 2.45) is 5.73 Å². The average Bonchev–Trinajstić information content (AvgIpc) is 2.62. The molecule has 0 saturated heterocycles. The lowest BCUT2D eigenvalue weighted by molar-refractivity contribution is -0.206. The van der Waals surface area contributed by atoms with Gasteiger partial charge in [-0.1, -0.05) is 12.1 Å². The van der Waals surface area contributed by atoms with Crippen molar-refractivity contribution in [1.82, 2.24) is 5.32 Å². The van der Waals surface area contributed by atoms with Gasteiger partial charge in [-0.2, -0.15) is 13.2 Å². The molecule has 1 aromatic carbocycles. The molecule has 1 atom stereocenters. The van der Waals surface area contributed by atoms with Gasteiger partial charge in [0.05, 0.1) is 11.2 Å². The van der Waals surface area contributed by atoms with Gasteiger partial charge in [0.15, 0.2) is 6.10 Å². The summed E-state index contributed by atoms with van der Waals surface area (Å²) in [6.07, 6.45) is -3.44. The number of rotatable bonds is 6. The van der Waals surface area contributed by atoms with E-state index in [4.69, 9.17) is 11.1 Å². The van der Waals surface area contributed by atoms with Crippen molar-refractivity contribution in [2.45, 2.75) is 56.5 Å². The van der Waals surface area contributed by atoms with Crippen LogP contribution in [0.25, 0.3) is 0 Å². The molecule has 1 amide bonds. The van der Waals surface area contributed by atoms with Crippen molar-refractivity contribution in [2.75, 3.05) is 5.32 Å². The van der Waals surface area contributed by atoms with Crippen molar-refractivity contribution in [3.63, 3.8) is 0 Å². The van der Waals surface area contributed by atoms with Crippen molar-refractivity contribution >= 4 is 17.4 Å². The summed E-state index contributed by atoms with van der Waals surface area (Å²) in [4.78, 5) is 11.7. The Labute approximate surface area is 166 Å². The Morgan fingerprint density at radius 1 is 1.31 bits per heavy atom. The second-order valence-electron chi connectivity index (χ2n) is 7.43. The minimum absolute atomic E-state index is 0.0283. The third-order valence-electron chi connectivity index (χ3n) is 4.87. The number of hydrogen-bond acceptors (Lipinski definition) is 5. The first-order valence-corrected chi connectivity index (χ1v) is 9.08. The molecule has 7 nitrogen and oxygen atoms in total. The molecule has 10 heteroatoms. The third kappa shape index (κ3) is 6.47. The number of alkyl halides is 3. The van der Waals surface area contributed by atoms with E-state index >= 15 is 0 Å². The summed E-state index contributed by atoms with van der Waals surface area (Å²) in [6, 6.07) is 4.70. The van der Waals surface area contributed by atoms with E-state index in [1.165, 1.54) is 18.3 Å². The molecule has 160 valence electrons. The minimum atomic E-state index is -4.78. The number of benzene rings is 1. The summed E-state index contributed by atoms with van der Waals surface area (Å²) in [5.74, 6) is -1.17. The number of carbonyl (C=O) groups excluding carboxylic acids is 1. The first-order valence-electron chi connectivity index (χ1n) is 9.08. The highest BCUT2D eigenvalue weighted by Gasteiger charge is 2.39. The number of aliphatic hydroxyl groups excluding tert-OH is 1. The Morgan fingerprint density at radius 2 is 1.86 bits per heavy atom. The minimum Gasteiger partial charge on any atom is -0.390 e. The van der Waals surface area contributed by atoms with Crippen molar-refractivity contribution in [3.05, 3.63) is 41.6 Å². The van der Waals surface area contributed by atoms with Crippen molar-refractivity contribution < 1.29 is 28.2 Å². The molecule has 1 fully saturated rings. The molecule has 2 rings (SSSR count). The maximum absolute atomic E-state index is 12.5. The zero-order valence-electron chi connectivity index (χ0n) is 15.9. The zero-order chi connectivity index (χ0) is 21.8. The molecule has 7 N–H and O–H groups in total. The first kappa shape index (κ1) is 22.7. The van der Waals surface area contributed by atoms with Crippen molar-refractivity contribution in [3.8, 4) is 0 Å². The molecule has 29 heavy (non-hydrogen) atoms. The molecule has 0 aromatic heterocycles. The van der Waals surface area contributed by atoms with E-state index in [2.05, 4.69) is 10.6 Å². The van der Waals surface area contributed by atoms with Gasteiger partial charge in [-0.05, 0) is 50.3 Å². The van der Waals surface area contributed by atoms with E-state index in [0.29, 0.717) is 25.7 Å². The van der Waals surface area contributed by atoms with Gasteiger partial charge in [-0.15, -0.1) is 0 Å². The van der Waals surface area contributed by atoms with Crippen LogP contribution < -0.4 is 16.4 Å². The van der Waals surface area contributed by atoms with E-state index < -0.39 is 23.8 Å². The van der Waals surface area contributed by atoms with Crippen LogP contribution >= 0.6 is 0 Å². The SMILES string of the molecule is CC1(O)CCC(N/C=C(\C(=N)Nc2ccc(C(O)C(F)(F)F)cc2)C(N)=O)CC1. The van der Waals surface area contributed by atoms with Crippen LogP contribution in [0, 0.1) is 5.41 Å². The molecule has 0 radical (unpaired) electrons. The monoisotopic (exact) mass is 414 g/mol. The maximum Gasteiger partial charge on any atom is 0.418 e. The number of amidine groups is 1. The lowest BCUT2D eigenvalue weighted by atomic mass is 9.84. The summed E-state index contributed by atoms with van der Waals surface area (Å²) in [5.41, 5.74) is 4.43. The number of carbonyl (C=O) groups is 1.